The maximum Gasteiger partial charge on any atom is 0.235 e. The van der Waals surface area contributed by atoms with Gasteiger partial charge in [-0.3, -0.25) is 4.79 Å². The molecule has 0 aliphatic heterocycles. The van der Waals surface area contributed by atoms with Crippen LogP contribution in [0.1, 0.15) is 29.8 Å². The molecule has 1 N–H and O–H groups in total. The molecule has 0 fully saturated rings. The molecule has 0 aromatic heterocycles. The molecule has 0 bridgehead atoms. The first-order valence-electron chi connectivity index (χ1n) is 4.75. The van der Waals surface area contributed by atoms with E-state index in [2.05, 4.69) is 11.8 Å². The summed E-state index contributed by atoms with van der Waals surface area (Å²) in [5.74, 6) is 4.64. The number of ketones is 1. The second-order valence-electron chi connectivity index (χ2n) is 4.00. The lowest BCUT2D eigenvalue weighted by atomic mass is 10.1. The summed E-state index contributed by atoms with van der Waals surface area (Å²) in [6.07, 6.45) is 0. The first-order valence-corrected chi connectivity index (χ1v) is 4.75. The molecule has 78 valence electrons. The average Bonchev–Trinajstić information content (AvgIpc) is 2.14. The zero-order valence-electron chi connectivity index (χ0n) is 9.16. The van der Waals surface area contributed by atoms with Gasteiger partial charge in [0.25, 0.3) is 0 Å². The van der Waals surface area contributed by atoms with Crippen molar-refractivity contribution in [1.82, 2.24) is 0 Å². The monoisotopic (exact) mass is 202 g/mol. The summed E-state index contributed by atoms with van der Waals surface area (Å²) in [4.78, 5) is 11.5. The van der Waals surface area contributed by atoms with Crippen LogP contribution in [0.25, 0.3) is 0 Å². The molecule has 0 saturated heterocycles. The van der Waals surface area contributed by atoms with E-state index in [9.17, 15) is 9.90 Å². The normalized spacial score (nSPS) is 10.4. The van der Waals surface area contributed by atoms with Crippen molar-refractivity contribution < 1.29 is 9.90 Å². The predicted molar refractivity (Wildman–Crippen MR) is 59.6 cm³/mol. The summed E-state index contributed by atoms with van der Waals surface area (Å²) < 4.78 is 0. The number of aryl methyl sites for hydroxylation is 1. The van der Waals surface area contributed by atoms with E-state index >= 15 is 0 Å². The van der Waals surface area contributed by atoms with Crippen LogP contribution in [0.15, 0.2) is 24.3 Å². The Morgan fingerprint density at radius 3 is 2.27 bits per heavy atom. The lowest BCUT2D eigenvalue weighted by molar-refractivity contribution is 0.105. The van der Waals surface area contributed by atoms with Gasteiger partial charge in [0.15, 0.2) is 0 Å². The third-order valence-corrected chi connectivity index (χ3v) is 1.80. The molecule has 15 heavy (non-hydrogen) atoms. The molecule has 2 nitrogen and oxygen atoms in total. The SMILES string of the molecule is Cc1ccc(C(=O)C#CC(C)(C)O)cc1. The van der Waals surface area contributed by atoms with E-state index in [-0.39, 0.29) is 5.78 Å². The van der Waals surface area contributed by atoms with Gasteiger partial charge in [-0.1, -0.05) is 35.7 Å². The van der Waals surface area contributed by atoms with Crippen molar-refractivity contribution in [1.29, 1.82) is 0 Å². The van der Waals surface area contributed by atoms with E-state index in [0.717, 1.165) is 5.56 Å². The Bertz CT molecular complexity index is 411. The Morgan fingerprint density at radius 1 is 1.27 bits per heavy atom. The predicted octanol–water partition coefficient (Wildman–Crippen LogP) is 1.95. The second-order valence-corrected chi connectivity index (χ2v) is 4.00. The van der Waals surface area contributed by atoms with E-state index in [0.29, 0.717) is 5.56 Å². The molecule has 0 atom stereocenters. The number of carbonyl (C=O) groups excluding carboxylic acids is 1. The quantitative estimate of drug-likeness (QED) is 0.429. The Balaban J connectivity index is 2.86. The van der Waals surface area contributed by atoms with E-state index in [1.165, 1.54) is 0 Å². The van der Waals surface area contributed by atoms with E-state index in [4.69, 9.17) is 0 Å². The van der Waals surface area contributed by atoms with Crippen molar-refractivity contribution >= 4 is 5.78 Å². The molecule has 0 saturated carbocycles. The van der Waals surface area contributed by atoms with Crippen LogP contribution in [0, 0.1) is 18.8 Å². The number of rotatable bonds is 1. The van der Waals surface area contributed by atoms with Crippen LogP contribution in [-0.2, 0) is 0 Å². The molecule has 1 aromatic carbocycles. The molecular formula is C13H14O2. The van der Waals surface area contributed by atoms with Crippen molar-refractivity contribution in [2.24, 2.45) is 0 Å². The maximum atomic E-state index is 11.5. The third kappa shape index (κ3) is 3.97. The summed E-state index contributed by atoms with van der Waals surface area (Å²) in [5.41, 5.74) is 0.528. The Kier molecular flexibility index (Phi) is 3.28. The van der Waals surface area contributed by atoms with Crippen molar-refractivity contribution in [2.45, 2.75) is 26.4 Å². The summed E-state index contributed by atoms with van der Waals surface area (Å²) in [7, 11) is 0. The molecule has 2 heteroatoms. The molecule has 0 heterocycles. The molecule has 0 aliphatic carbocycles. The van der Waals surface area contributed by atoms with E-state index in [1.54, 1.807) is 26.0 Å². The molecule has 1 rings (SSSR count). The van der Waals surface area contributed by atoms with Crippen LogP contribution in [0.5, 0.6) is 0 Å². The number of hydrogen-bond donors (Lipinski definition) is 1. The highest BCUT2D eigenvalue weighted by Crippen LogP contribution is 2.04. The Hall–Kier alpha value is -1.59. The number of carbonyl (C=O) groups is 1. The van der Waals surface area contributed by atoms with Gasteiger partial charge in [-0.25, -0.2) is 0 Å². The topological polar surface area (TPSA) is 37.3 Å². The van der Waals surface area contributed by atoms with Crippen LogP contribution in [0.2, 0.25) is 0 Å². The molecule has 1 aromatic rings. The largest absolute Gasteiger partial charge is 0.378 e. The highest BCUT2D eigenvalue weighted by molar-refractivity contribution is 6.09. The van der Waals surface area contributed by atoms with Gasteiger partial charge >= 0.3 is 0 Å². The lowest BCUT2D eigenvalue weighted by Crippen LogP contribution is -2.15. The van der Waals surface area contributed by atoms with Gasteiger partial charge in [-0.2, -0.15) is 0 Å². The zero-order valence-corrected chi connectivity index (χ0v) is 9.16. The fourth-order valence-corrected chi connectivity index (χ4v) is 0.987. The summed E-state index contributed by atoms with van der Waals surface area (Å²) >= 11 is 0. The zero-order chi connectivity index (χ0) is 11.5. The first-order chi connectivity index (χ1) is 6.88. The van der Waals surface area contributed by atoms with Crippen molar-refractivity contribution in [3.8, 4) is 11.8 Å². The minimum Gasteiger partial charge on any atom is -0.378 e. The van der Waals surface area contributed by atoms with Gasteiger partial charge in [0.05, 0.1) is 0 Å². The van der Waals surface area contributed by atoms with Crippen molar-refractivity contribution in [3.63, 3.8) is 0 Å². The minimum absolute atomic E-state index is 0.267. The van der Waals surface area contributed by atoms with Crippen LogP contribution in [-0.4, -0.2) is 16.5 Å². The smallest absolute Gasteiger partial charge is 0.235 e. The van der Waals surface area contributed by atoms with Crippen LogP contribution in [0.4, 0.5) is 0 Å². The summed E-state index contributed by atoms with van der Waals surface area (Å²) in [5, 5.41) is 9.33. The fraction of sp³-hybridized carbons (Fsp3) is 0.308. The van der Waals surface area contributed by atoms with Crippen molar-refractivity contribution in [2.75, 3.05) is 0 Å². The summed E-state index contributed by atoms with van der Waals surface area (Å²) in [6, 6.07) is 7.19. The molecule has 0 radical (unpaired) electrons. The number of Topliss-reactive ketones (excluding diaryl/α,β-unsaturated/α-hetero) is 1. The second kappa shape index (κ2) is 4.29. The van der Waals surface area contributed by atoms with Crippen LogP contribution < -0.4 is 0 Å². The molecule has 0 spiro atoms. The van der Waals surface area contributed by atoms with Gasteiger partial charge in [0.1, 0.15) is 5.60 Å². The standard InChI is InChI=1S/C13H14O2/c1-10-4-6-11(7-5-10)12(14)8-9-13(2,3)15/h4-7,15H,1-3H3. The molecule has 0 unspecified atom stereocenters. The van der Waals surface area contributed by atoms with Gasteiger partial charge in [0, 0.05) is 5.56 Å². The third-order valence-electron chi connectivity index (χ3n) is 1.80. The van der Waals surface area contributed by atoms with Gasteiger partial charge in [0.2, 0.25) is 5.78 Å². The highest BCUT2D eigenvalue weighted by atomic mass is 16.3. The van der Waals surface area contributed by atoms with Crippen molar-refractivity contribution in [3.05, 3.63) is 35.4 Å². The van der Waals surface area contributed by atoms with Crippen LogP contribution in [0.3, 0.4) is 0 Å². The fourth-order valence-electron chi connectivity index (χ4n) is 0.987. The molecule has 0 amide bonds. The number of aliphatic hydroxyl groups is 1. The van der Waals surface area contributed by atoms with Gasteiger partial charge < -0.3 is 5.11 Å². The van der Waals surface area contributed by atoms with E-state index in [1.807, 2.05) is 19.1 Å². The minimum atomic E-state index is -1.12. The Morgan fingerprint density at radius 2 is 1.80 bits per heavy atom. The molecule has 0 aliphatic rings. The van der Waals surface area contributed by atoms with Gasteiger partial charge in [-0.15, -0.1) is 0 Å². The Labute approximate surface area is 89.9 Å². The first kappa shape index (κ1) is 11.5. The maximum absolute atomic E-state index is 11.5. The number of benzene rings is 1. The average molecular weight is 202 g/mol. The van der Waals surface area contributed by atoms with E-state index < -0.39 is 5.60 Å². The molecular weight excluding hydrogens is 188 g/mol. The van der Waals surface area contributed by atoms with Crippen LogP contribution >= 0.6 is 0 Å². The summed E-state index contributed by atoms with van der Waals surface area (Å²) in [6.45, 7) is 5.04. The number of hydrogen-bond acceptors (Lipinski definition) is 2. The highest BCUT2D eigenvalue weighted by Gasteiger charge is 2.07. The van der Waals surface area contributed by atoms with Gasteiger partial charge in [-0.05, 0) is 26.7 Å². The lowest BCUT2D eigenvalue weighted by Gasteiger charge is -2.05.